The lowest BCUT2D eigenvalue weighted by molar-refractivity contribution is 0.624. The maximum atomic E-state index is 13.0. The topological polar surface area (TPSA) is 24.9 Å². The summed E-state index contributed by atoms with van der Waals surface area (Å²) in [5, 5.41) is 3.36. The molecule has 2 rings (SSSR count). The van der Waals surface area contributed by atoms with E-state index < -0.39 is 0 Å². The number of nitrogens with one attached hydrogen (secondary N) is 1. The molecular weight excluding hydrogens is 307 g/mol. The predicted octanol–water partition coefficient (Wildman–Crippen LogP) is 3.62. The molecule has 0 aliphatic carbocycles. The van der Waals surface area contributed by atoms with Crippen LogP contribution in [0.4, 0.5) is 4.39 Å². The molecule has 4 heteroatoms. The first kappa shape index (κ1) is 14.2. The zero-order valence-corrected chi connectivity index (χ0v) is 12.4. The van der Waals surface area contributed by atoms with Gasteiger partial charge in [0.25, 0.3) is 0 Å². The molecule has 1 heterocycles. The van der Waals surface area contributed by atoms with Gasteiger partial charge in [0.1, 0.15) is 5.82 Å². The van der Waals surface area contributed by atoms with Gasteiger partial charge in [-0.25, -0.2) is 4.39 Å². The van der Waals surface area contributed by atoms with Gasteiger partial charge in [0.15, 0.2) is 0 Å². The van der Waals surface area contributed by atoms with Gasteiger partial charge >= 0.3 is 0 Å². The van der Waals surface area contributed by atoms with Gasteiger partial charge in [0, 0.05) is 23.4 Å². The molecule has 0 saturated carbocycles. The van der Waals surface area contributed by atoms with E-state index in [1.807, 2.05) is 25.3 Å². The first-order valence-electron chi connectivity index (χ1n) is 6.20. The molecule has 1 N–H and O–H groups in total. The molecule has 0 spiro atoms. The standard InChI is InChI=1S/C15H16BrFN2/c1-11-6-15(17)3-2-13(11)4-5-18-8-12-7-14(16)10-19-9-12/h2-3,6-7,9-10,18H,4-5,8H2,1H3. The van der Waals surface area contributed by atoms with Gasteiger partial charge in [-0.05, 0) is 70.7 Å². The van der Waals surface area contributed by atoms with Crippen LogP contribution in [0.3, 0.4) is 0 Å². The van der Waals surface area contributed by atoms with Crippen LogP contribution in [0.1, 0.15) is 16.7 Å². The van der Waals surface area contributed by atoms with Crippen LogP contribution in [0.2, 0.25) is 0 Å². The van der Waals surface area contributed by atoms with Crippen molar-refractivity contribution in [3.63, 3.8) is 0 Å². The maximum absolute atomic E-state index is 13.0. The second kappa shape index (κ2) is 6.78. The summed E-state index contributed by atoms with van der Waals surface area (Å²) in [5.41, 5.74) is 3.33. The van der Waals surface area contributed by atoms with Gasteiger partial charge in [-0.3, -0.25) is 4.98 Å². The number of rotatable bonds is 5. The fourth-order valence-electron chi connectivity index (χ4n) is 1.95. The first-order chi connectivity index (χ1) is 9.15. The summed E-state index contributed by atoms with van der Waals surface area (Å²) in [7, 11) is 0. The Hall–Kier alpha value is -1.26. The SMILES string of the molecule is Cc1cc(F)ccc1CCNCc1cncc(Br)c1. The van der Waals surface area contributed by atoms with Crippen LogP contribution in [-0.4, -0.2) is 11.5 Å². The summed E-state index contributed by atoms with van der Waals surface area (Å²) >= 11 is 3.40. The third kappa shape index (κ3) is 4.40. The Bertz CT molecular complexity index is 558. The monoisotopic (exact) mass is 322 g/mol. The van der Waals surface area contributed by atoms with Gasteiger partial charge in [-0.2, -0.15) is 0 Å². The van der Waals surface area contributed by atoms with Crippen LogP contribution in [-0.2, 0) is 13.0 Å². The minimum atomic E-state index is -0.172. The van der Waals surface area contributed by atoms with Crippen molar-refractivity contribution in [1.82, 2.24) is 10.3 Å². The average molecular weight is 323 g/mol. The fourth-order valence-corrected chi connectivity index (χ4v) is 2.36. The second-order valence-electron chi connectivity index (χ2n) is 4.51. The van der Waals surface area contributed by atoms with Crippen LogP contribution in [0.5, 0.6) is 0 Å². The van der Waals surface area contributed by atoms with Crippen LogP contribution < -0.4 is 5.32 Å². The van der Waals surface area contributed by atoms with Crippen LogP contribution >= 0.6 is 15.9 Å². The van der Waals surface area contributed by atoms with E-state index in [2.05, 4.69) is 26.2 Å². The molecule has 0 aliphatic rings. The minimum Gasteiger partial charge on any atom is -0.312 e. The highest BCUT2D eigenvalue weighted by molar-refractivity contribution is 9.10. The molecule has 19 heavy (non-hydrogen) atoms. The van der Waals surface area contributed by atoms with Crippen molar-refractivity contribution >= 4 is 15.9 Å². The zero-order valence-electron chi connectivity index (χ0n) is 10.8. The van der Waals surface area contributed by atoms with Crippen LogP contribution in [0.15, 0.2) is 41.1 Å². The Balaban J connectivity index is 1.81. The van der Waals surface area contributed by atoms with Gasteiger partial charge in [-0.1, -0.05) is 6.07 Å². The van der Waals surface area contributed by atoms with E-state index in [4.69, 9.17) is 0 Å². The molecule has 0 fully saturated rings. The van der Waals surface area contributed by atoms with Gasteiger partial charge in [0.2, 0.25) is 0 Å². The minimum absolute atomic E-state index is 0.172. The molecule has 0 saturated heterocycles. The van der Waals surface area contributed by atoms with Crippen molar-refractivity contribution in [2.24, 2.45) is 0 Å². The summed E-state index contributed by atoms with van der Waals surface area (Å²) in [6.07, 6.45) is 4.51. The summed E-state index contributed by atoms with van der Waals surface area (Å²) in [6.45, 7) is 3.59. The van der Waals surface area contributed by atoms with Crippen LogP contribution in [0.25, 0.3) is 0 Å². The highest BCUT2D eigenvalue weighted by atomic mass is 79.9. The lowest BCUT2D eigenvalue weighted by atomic mass is 10.1. The predicted molar refractivity (Wildman–Crippen MR) is 78.5 cm³/mol. The molecule has 100 valence electrons. The number of hydrogen-bond donors (Lipinski definition) is 1. The molecule has 0 amide bonds. The Morgan fingerprint density at radius 3 is 2.84 bits per heavy atom. The lowest BCUT2D eigenvalue weighted by Crippen LogP contribution is -2.17. The quantitative estimate of drug-likeness (QED) is 0.850. The molecule has 0 aliphatic heterocycles. The molecule has 0 bridgehead atoms. The highest BCUT2D eigenvalue weighted by Gasteiger charge is 2.00. The van der Waals surface area contributed by atoms with E-state index in [0.717, 1.165) is 35.1 Å². The van der Waals surface area contributed by atoms with Gasteiger partial charge in [0.05, 0.1) is 0 Å². The fraction of sp³-hybridized carbons (Fsp3) is 0.267. The number of benzene rings is 1. The molecule has 1 aromatic heterocycles. The molecule has 2 aromatic rings. The van der Waals surface area contributed by atoms with E-state index >= 15 is 0 Å². The number of aryl methyl sites for hydroxylation is 1. The number of hydrogen-bond acceptors (Lipinski definition) is 2. The highest BCUT2D eigenvalue weighted by Crippen LogP contribution is 2.11. The molecule has 0 radical (unpaired) electrons. The van der Waals surface area contributed by atoms with Crippen molar-refractivity contribution < 1.29 is 4.39 Å². The molecule has 0 unspecified atom stereocenters. The summed E-state index contributed by atoms with van der Waals surface area (Å²) < 4.78 is 14.0. The van der Waals surface area contributed by atoms with Crippen molar-refractivity contribution in [2.75, 3.05) is 6.54 Å². The van der Waals surface area contributed by atoms with Crippen molar-refractivity contribution in [3.05, 3.63) is 63.6 Å². The van der Waals surface area contributed by atoms with Crippen LogP contribution in [0, 0.1) is 12.7 Å². The third-order valence-electron chi connectivity index (χ3n) is 2.97. The average Bonchev–Trinajstić information content (AvgIpc) is 2.37. The number of nitrogens with zero attached hydrogens (tertiary/aromatic N) is 1. The van der Waals surface area contributed by atoms with Gasteiger partial charge in [-0.15, -0.1) is 0 Å². The Morgan fingerprint density at radius 2 is 2.11 bits per heavy atom. The largest absolute Gasteiger partial charge is 0.312 e. The molecular formula is C15H16BrFN2. The Morgan fingerprint density at radius 1 is 1.26 bits per heavy atom. The summed E-state index contributed by atoms with van der Waals surface area (Å²) in [4.78, 5) is 4.12. The van der Waals surface area contributed by atoms with E-state index in [1.165, 1.54) is 11.6 Å². The molecule has 0 atom stereocenters. The summed E-state index contributed by atoms with van der Waals surface area (Å²) in [5.74, 6) is -0.172. The van der Waals surface area contributed by atoms with E-state index in [-0.39, 0.29) is 5.82 Å². The normalized spacial score (nSPS) is 10.7. The maximum Gasteiger partial charge on any atom is 0.123 e. The third-order valence-corrected chi connectivity index (χ3v) is 3.40. The van der Waals surface area contributed by atoms with Crippen molar-refractivity contribution in [1.29, 1.82) is 0 Å². The van der Waals surface area contributed by atoms with Gasteiger partial charge < -0.3 is 5.32 Å². The molecule has 2 nitrogen and oxygen atoms in total. The summed E-state index contributed by atoms with van der Waals surface area (Å²) in [6, 6.07) is 6.99. The van der Waals surface area contributed by atoms with Crippen molar-refractivity contribution in [2.45, 2.75) is 19.9 Å². The number of pyridine rings is 1. The van der Waals surface area contributed by atoms with E-state index in [1.54, 1.807) is 12.3 Å². The second-order valence-corrected chi connectivity index (χ2v) is 5.42. The van der Waals surface area contributed by atoms with E-state index in [9.17, 15) is 4.39 Å². The Kier molecular flexibility index (Phi) is 5.05. The Labute approximate surface area is 121 Å². The van der Waals surface area contributed by atoms with E-state index in [0.29, 0.717) is 0 Å². The smallest absolute Gasteiger partial charge is 0.123 e. The molecule has 1 aromatic carbocycles. The van der Waals surface area contributed by atoms with Crippen molar-refractivity contribution in [3.8, 4) is 0 Å². The number of aromatic nitrogens is 1. The zero-order chi connectivity index (χ0) is 13.7. The lowest BCUT2D eigenvalue weighted by Gasteiger charge is -2.07. The first-order valence-corrected chi connectivity index (χ1v) is 6.99. The number of halogens is 2.